The Morgan fingerprint density at radius 2 is 2.00 bits per heavy atom. The molecule has 1 aromatic rings. The van der Waals surface area contributed by atoms with Crippen LogP contribution < -0.4 is 11.1 Å². The Labute approximate surface area is 115 Å². The van der Waals surface area contributed by atoms with E-state index in [4.69, 9.17) is 10.8 Å². The maximum Gasteiger partial charge on any atom is 0.239 e. The zero-order valence-electron chi connectivity index (χ0n) is 11.7. The summed E-state index contributed by atoms with van der Waals surface area (Å²) in [5, 5.41) is 11.4. The van der Waals surface area contributed by atoms with Crippen molar-refractivity contribution in [1.29, 1.82) is 0 Å². The van der Waals surface area contributed by atoms with Crippen LogP contribution in [-0.2, 0) is 11.2 Å². The van der Waals surface area contributed by atoms with Gasteiger partial charge in [-0.3, -0.25) is 4.79 Å². The van der Waals surface area contributed by atoms with E-state index in [1.807, 2.05) is 0 Å². The van der Waals surface area contributed by atoms with Crippen molar-refractivity contribution in [2.75, 3.05) is 13.2 Å². The van der Waals surface area contributed by atoms with Crippen LogP contribution in [0.5, 0.6) is 0 Å². The van der Waals surface area contributed by atoms with Gasteiger partial charge < -0.3 is 16.2 Å². The summed E-state index contributed by atoms with van der Waals surface area (Å²) in [6, 6.07) is 7.65. The van der Waals surface area contributed by atoms with Crippen molar-refractivity contribution in [1.82, 2.24) is 5.32 Å². The second kappa shape index (κ2) is 7.92. The lowest BCUT2D eigenvalue weighted by Gasteiger charge is -2.11. The Balaban J connectivity index is 2.40. The van der Waals surface area contributed by atoms with Gasteiger partial charge in [0, 0.05) is 6.54 Å². The number of rotatable bonds is 7. The zero-order chi connectivity index (χ0) is 14.3. The van der Waals surface area contributed by atoms with Gasteiger partial charge in [-0.1, -0.05) is 38.1 Å². The van der Waals surface area contributed by atoms with E-state index in [0.29, 0.717) is 12.5 Å². The fourth-order valence-corrected chi connectivity index (χ4v) is 1.79. The highest BCUT2D eigenvalue weighted by Gasteiger charge is 2.10. The molecule has 1 rings (SSSR count). The molecule has 1 amide bonds. The molecule has 0 saturated carbocycles. The molecule has 0 aliphatic rings. The molecule has 19 heavy (non-hydrogen) atoms. The standard InChI is InChI=1S/C15H24N2O2/c1-3-11(2)13-6-4-12(5-7-13)8-9-17-15(19)14(16)10-18/h4-7,11,14,18H,3,8-10,16H2,1-2H3,(H,17,19). The molecule has 0 aliphatic heterocycles. The molecule has 4 N–H and O–H groups in total. The molecule has 106 valence electrons. The van der Waals surface area contributed by atoms with E-state index in [1.165, 1.54) is 11.1 Å². The van der Waals surface area contributed by atoms with Gasteiger partial charge in [0.2, 0.25) is 5.91 Å². The number of nitrogens with two attached hydrogens (primary N) is 1. The minimum Gasteiger partial charge on any atom is -0.394 e. The van der Waals surface area contributed by atoms with Crippen LogP contribution in [0.3, 0.4) is 0 Å². The first-order valence-corrected chi connectivity index (χ1v) is 6.81. The van der Waals surface area contributed by atoms with Crippen molar-refractivity contribution in [3.05, 3.63) is 35.4 Å². The number of aliphatic hydroxyl groups excluding tert-OH is 1. The predicted molar refractivity (Wildman–Crippen MR) is 76.9 cm³/mol. The van der Waals surface area contributed by atoms with Gasteiger partial charge in [-0.15, -0.1) is 0 Å². The molecule has 2 atom stereocenters. The summed E-state index contributed by atoms with van der Waals surface area (Å²) in [5.74, 6) is 0.273. The third-order valence-corrected chi connectivity index (χ3v) is 3.41. The van der Waals surface area contributed by atoms with Crippen LogP contribution in [0, 0.1) is 0 Å². The van der Waals surface area contributed by atoms with E-state index < -0.39 is 6.04 Å². The third kappa shape index (κ3) is 5.01. The molecule has 0 aromatic heterocycles. The van der Waals surface area contributed by atoms with Crippen molar-refractivity contribution >= 4 is 5.91 Å². The monoisotopic (exact) mass is 264 g/mol. The second-order valence-electron chi connectivity index (χ2n) is 4.88. The van der Waals surface area contributed by atoms with E-state index in [-0.39, 0.29) is 12.5 Å². The largest absolute Gasteiger partial charge is 0.394 e. The van der Waals surface area contributed by atoms with Gasteiger partial charge >= 0.3 is 0 Å². The molecule has 2 unspecified atom stereocenters. The minimum absolute atomic E-state index is 0.307. The van der Waals surface area contributed by atoms with E-state index in [1.54, 1.807) is 0 Å². The SMILES string of the molecule is CCC(C)c1ccc(CCNC(=O)C(N)CO)cc1. The molecule has 0 saturated heterocycles. The van der Waals surface area contributed by atoms with Crippen molar-refractivity contribution in [2.24, 2.45) is 5.73 Å². The van der Waals surface area contributed by atoms with Gasteiger partial charge in [-0.25, -0.2) is 0 Å². The summed E-state index contributed by atoms with van der Waals surface area (Å²) < 4.78 is 0. The summed E-state index contributed by atoms with van der Waals surface area (Å²) in [6.45, 7) is 4.61. The molecule has 0 fully saturated rings. The average molecular weight is 264 g/mol. The van der Waals surface area contributed by atoms with E-state index in [9.17, 15) is 4.79 Å². The molecule has 0 bridgehead atoms. The smallest absolute Gasteiger partial charge is 0.239 e. The maximum atomic E-state index is 11.4. The summed E-state index contributed by atoms with van der Waals surface area (Å²) in [4.78, 5) is 11.4. The van der Waals surface area contributed by atoms with Crippen LogP contribution in [0.2, 0.25) is 0 Å². The number of amides is 1. The first-order valence-electron chi connectivity index (χ1n) is 6.81. The van der Waals surface area contributed by atoms with Crippen LogP contribution in [0.25, 0.3) is 0 Å². The first kappa shape index (κ1) is 15.7. The van der Waals surface area contributed by atoms with Crippen LogP contribution >= 0.6 is 0 Å². The second-order valence-corrected chi connectivity index (χ2v) is 4.88. The zero-order valence-corrected chi connectivity index (χ0v) is 11.7. The summed E-state index contributed by atoms with van der Waals surface area (Å²) in [7, 11) is 0. The highest BCUT2D eigenvalue weighted by Crippen LogP contribution is 2.18. The number of hydrogen-bond donors (Lipinski definition) is 3. The van der Waals surface area contributed by atoms with Crippen molar-refractivity contribution in [3.8, 4) is 0 Å². The number of benzene rings is 1. The number of aliphatic hydroxyl groups is 1. The van der Waals surface area contributed by atoms with Gasteiger partial charge in [0.25, 0.3) is 0 Å². The number of hydrogen-bond acceptors (Lipinski definition) is 3. The van der Waals surface area contributed by atoms with Crippen LogP contribution in [0.4, 0.5) is 0 Å². The Kier molecular flexibility index (Phi) is 6.53. The van der Waals surface area contributed by atoms with Crippen molar-refractivity contribution in [2.45, 2.75) is 38.6 Å². The summed E-state index contributed by atoms with van der Waals surface area (Å²) in [5.41, 5.74) is 7.93. The van der Waals surface area contributed by atoms with Gasteiger partial charge in [0.05, 0.1) is 6.61 Å². The number of carbonyl (C=O) groups excluding carboxylic acids is 1. The fraction of sp³-hybridized carbons (Fsp3) is 0.533. The summed E-state index contributed by atoms with van der Waals surface area (Å²) >= 11 is 0. The van der Waals surface area contributed by atoms with E-state index >= 15 is 0 Å². The Bertz CT molecular complexity index is 390. The minimum atomic E-state index is -0.826. The van der Waals surface area contributed by atoms with Gasteiger partial charge in [0.1, 0.15) is 6.04 Å². The van der Waals surface area contributed by atoms with Gasteiger partial charge in [0.15, 0.2) is 0 Å². The molecule has 0 heterocycles. The normalized spacial score (nSPS) is 13.9. The van der Waals surface area contributed by atoms with Crippen molar-refractivity contribution < 1.29 is 9.90 Å². The molecule has 4 nitrogen and oxygen atoms in total. The lowest BCUT2D eigenvalue weighted by Crippen LogP contribution is -2.43. The molecule has 0 spiro atoms. The number of carbonyl (C=O) groups is 1. The highest BCUT2D eigenvalue weighted by molar-refractivity contribution is 5.81. The Hall–Kier alpha value is -1.39. The third-order valence-electron chi connectivity index (χ3n) is 3.41. The molecular weight excluding hydrogens is 240 g/mol. The average Bonchev–Trinajstić information content (AvgIpc) is 2.46. The van der Waals surface area contributed by atoms with Crippen LogP contribution in [0.15, 0.2) is 24.3 Å². The maximum absolute atomic E-state index is 11.4. The van der Waals surface area contributed by atoms with Crippen LogP contribution in [-0.4, -0.2) is 30.2 Å². The Morgan fingerprint density at radius 3 is 2.53 bits per heavy atom. The van der Waals surface area contributed by atoms with Crippen molar-refractivity contribution in [3.63, 3.8) is 0 Å². The van der Waals surface area contributed by atoms with Gasteiger partial charge in [-0.2, -0.15) is 0 Å². The predicted octanol–water partition coefficient (Wildman–Crippen LogP) is 1.18. The number of nitrogens with one attached hydrogen (secondary N) is 1. The quantitative estimate of drug-likeness (QED) is 0.692. The van der Waals surface area contributed by atoms with E-state index in [2.05, 4.69) is 43.4 Å². The molecule has 0 aliphatic carbocycles. The first-order chi connectivity index (χ1) is 9.08. The van der Waals surface area contributed by atoms with E-state index in [0.717, 1.165) is 12.8 Å². The lowest BCUT2D eigenvalue weighted by atomic mass is 9.97. The Morgan fingerprint density at radius 1 is 1.37 bits per heavy atom. The molecular formula is C15H24N2O2. The molecule has 4 heteroatoms. The molecule has 1 aromatic carbocycles. The van der Waals surface area contributed by atoms with Crippen LogP contribution in [0.1, 0.15) is 37.3 Å². The highest BCUT2D eigenvalue weighted by atomic mass is 16.3. The fourth-order valence-electron chi connectivity index (χ4n) is 1.79. The van der Waals surface area contributed by atoms with Gasteiger partial charge in [-0.05, 0) is 29.9 Å². The lowest BCUT2D eigenvalue weighted by molar-refractivity contribution is -0.123. The molecule has 0 radical (unpaired) electrons. The summed E-state index contributed by atoms with van der Waals surface area (Å²) in [6.07, 6.45) is 1.90. The topological polar surface area (TPSA) is 75.4 Å².